The number of amides is 1. The zero-order valence-corrected chi connectivity index (χ0v) is 16.4. The van der Waals surface area contributed by atoms with E-state index in [1.807, 2.05) is 11.0 Å². The van der Waals surface area contributed by atoms with E-state index in [0.29, 0.717) is 17.2 Å². The Hall–Kier alpha value is -3.02. The van der Waals surface area contributed by atoms with Gasteiger partial charge in [0.05, 0.1) is 12.7 Å². The van der Waals surface area contributed by atoms with Gasteiger partial charge in [-0.05, 0) is 43.2 Å². The first-order valence-corrected chi connectivity index (χ1v) is 10.2. The SMILES string of the molecule is O=C(c1cn(Cc2ccccc2F)nn1)N1CCC(CCc2ccccc2)CC1. The zero-order chi connectivity index (χ0) is 20.1. The van der Waals surface area contributed by atoms with Gasteiger partial charge in [0.2, 0.25) is 0 Å². The Bertz CT molecular complexity index is 948. The molecule has 1 aliphatic heterocycles. The number of aromatic nitrogens is 3. The number of hydrogen-bond donors (Lipinski definition) is 0. The van der Waals surface area contributed by atoms with Crippen molar-refractivity contribution in [2.45, 2.75) is 32.2 Å². The van der Waals surface area contributed by atoms with Gasteiger partial charge in [-0.25, -0.2) is 9.07 Å². The third-order valence-corrected chi connectivity index (χ3v) is 5.63. The summed E-state index contributed by atoms with van der Waals surface area (Å²) in [5.41, 5.74) is 2.22. The maximum atomic E-state index is 13.8. The fourth-order valence-electron chi connectivity index (χ4n) is 3.88. The van der Waals surface area contributed by atoms with Crippen molar-refractivity contribution in [3.63, 3.8) is 0 Å². The minimum Gasteiger partial charge on any atom is -0.337 e. The van der Waals surface area contributed by atoms with Gasteiger partial charge in [-0.15, -0.1) is 5.10 Å². The molecule has 0 unspecified atom stereocenters. The molecule has 6 heteroatoms. The molecule has 3 aromatic rings. The molecule has 0 radical (unpaired) electrons. The second kappa shape index (κ2) is 8.99. The Morgan fingerprint density at radius 3 is 2.52 bits per heavy atom. The minimum absolute atomic E-state index is 0.0914. The second-order valence-electron chi connectivity index (χ2n) is 7.65. The first-order valence-electron chi connectivity index (χ1n) is 10.2. The first kappa shape index (κ1) is 19.3. The van der Waals surface area contributed by atoms with E-state index in [2.05, 4.69) is 34.6 Å². The molecule has 0 bridgehead atoms. The maximum absolute atomic E-state index is 13.8. The number of likely N-dealkylation sites (tertiary alicyclic amines) is 1. The van der Waals surface area contributed by atoms with Gasteiger partial charge in [-0.2, -0.15) is 0 Å². The van der Waals surface area contributed by atoms with E-state index in [1.54, 1.807) is 24.4 Å². The summed E-state index contributed by atoms with van der Waals surface area (Å²) in [6.07, 6.45) is 5.88. The lowest BCUT2D eigenvalue weighted by Crippen LogP contribution is -2.38. The lowest BCUT2D eigenvalue weighted by Gasteiger charge is -2.31. The van der Waals surface area contributed by atoms with Crippen LogP contribution in [0.2, 0.25) is 0 Å². The summed E-state index contributed by atoms with van der Waals surface area (Å²) in [5, 5.41) is 8.01. The lowest BCUT2D eigenvalue weighted by molar-refractivity contribution is 0.0681. The molecule has 1 saturated heterocycles. The van der Waals surface area contributed by atoms with E-state index in [0.717, 1.165) is 38.8 Å². The van der Waals surface area contributed by atoms with Crippen molar-refractivity contribution in [1.29, 1.82) is 0 Å². The van der Waals surface area contributed by atoms with Crippen molar-refractivity contribution in [3.8, 4) is 0 Å². The van der Waals surface area contributed by atoms with E-state index in [1.165, 1.54) is 16.3 Å². The molecule has 4 rings (SSSR count). The summed E-state index contributed by atoms with van der Waals surface area (Å²) < 4.78 is 15.3. The highest BCUT2D eigenvalue weighted by molar-refractivity contribution is 5.92. The topological polar surface area (TPSA) is 51.0 Å². The molecule has 0 spiro atoms. The van der Waals surface area contributed by atoms with E-state index < -0.39 is 0 Å². The number of benzene rings is 2. The van der Waals surface area contributed by atoms with Crippen LogP contribution in [0.25, 0.3) is 0 Å². The standard InChI is InChI=1S/C23H25FN4O/c24-21-9-5-4-8-20(21)16-28-17-22(25-26-28)23(29)27-14-12-19(13-15-27)11-10-18-6-2-1-3-7-18/h1-9,17,19H,10-16H2. The molecule has 0 atom stereocenters. The molecule has 0 aliphatic carbocycles. The molecule has 0 saturated carbocycles. The molecule has 29 heavy (non-hydrogen) atoms. The Morgan fingerprint density at radius 2 is 1.76 bits per heavy atom. The number of aryl methyl sites for hydroxylation is 1. The molecule has 1 fully saturated rings. The van der Waals surface area contributed by atoms with Gasteiger partial charge in [0, 0.05) is 18.7 Å². The third-order valence-electron chi connectivity index (χ3n) is 5.63. The highest BCUT2D eigenvalue weighted by Crippen LogP contribution is 2.23. The average molecular weight is 392 g/mol. The van der Waals surface area contributed by atoms with Crippen LogP contribution in [0, 0.1) is 11.7 Å². The fourth-order valence-corrected chi connectivity index (χ4v) is 3.88. The Kier molecular flexibility index (Phi) is 5.98. The van der Waals surface area contributed by atoms with E-state index in [-0.39, 0.29) is 18.3 Å². The molecule has 1 aromatic heterocycles. The van der Waals surface area contributed by atoms with E-state index in [9.17, 15) is 9.18 Å². The molecule has 1 aliphatic rings. The minimum atomic E-state index is -0.284. The van der Waals surface area contributed by atoms with Crippen molar-refractivity contribution in [3.05, 3.63) is 83.4 Å². The van der Waals surface area contributed by atoms with Crippen LogP contribution in [-0.4, -0.2) is 38.9 Å². The molecule has 5 nitrogen and oxygen atoms in total. The van der Waals surface area contributed by atoms with Gasteiger partial charge in [-0.1, -0.05) is 53.7 Å². The lowest BCUT2D eigenvalue weighted by atomic mass is 9.90. The van der Waals surface area contributed by atoms with E-state index in [4.69, 9.17) is 0 Å². The number of rotatable bonds is 6. The second-order valence-corrected chi connectivity index (χ2v) is 7.65. The van der Waals surface area contributed by atoms with Crippen LogP contribution in [-0.2, 0) is 13.0 Å². The number of halogens is 1. The highest BCUT2D eigenvalue weighted by Gasteiger charge is 2.25. The largest absolute Gasteiger partial charge is 0.337 e. The van der Waals surface area contributed by atoms with Gasteiger partial charge in [0.1, 0.15) is 5.82 Å². The summed E-state index contributed by atoms with van der Waals surface area (Å²) in [5.74, 6) is 0.274. The quantitative estimate of drug-likeness (QED) is 0.638. The van der Waals surface area contributed by atoms with Gasteiger partial charge in [0.15, 0.2) is 5.69 Å². The number of nitrogens with zero attached hydrogens (tertiary/aromatic N) is 4. The normalized spacial score (nSPS) is 14.9. The van der Waals surface area contributed by atoms with Crippen LogP contribution in [0.4, 0.5) is 4.39 Å². The molecule has 1 amide bonds. The first-order chi connectivity index (χ1) is 14.2. The Labute approximate surface area is 170 Å². The van der Waals surface area contributed by atoms with Crippen molar-refractivity contribution in [1.82, 2.24) is 19.9 Å². The summed E-state index contributed by atoms with van der Waals surface area (Å²) >= 11 is 0. The monoisotopic (exact) mass is 392 g/mol. The number of carbonyl (C=O) groups excluding carboxylic acids is 1. The van der Waals surface area contributed by atoms with E-state index >= 15 is 0 Å². The van der Waals surface area contributed by atoms with Gasteiger partial charge >= 0.3 is 0 Å². The van der Waals surface area contributed by atoms with Crippen molar-refractivity contribution in [2.24, 2.45) is 5.92 Å². The van der Waals surface area contributed by atoms with Gasteiger partial charge in [-0.3, -0.25) is 4.79 Å². The Morgan fingerprint density at radius 1 is 1.03 bits per heavy atom. The molecular formula is C23H25FN4O. The summed E-state index contributed by atoms with van der Waals surface area (Å²) in [7, 11) is 0. The maximum Gasteiger partial charge on any atom is 0.276 e. The predicted octanol–water partition coefficient (Wildman–Crippen LogP) is 3.95. The van der Waals surface area contributed by atoms with Crippen LogP contribution in [0.15, 0.2) is 60.8 Å². The van der Waals surface area contributed by atoms with Crippen LogP contribution in [0.1, 0.15) is 40.9 Å². The van der Waals surface area contributed by atoms with Crippen LogP contribution in [0.3, 0.4) is 0 Å². The average Bonchev–Trinajstić information content (AvgIpc) is 3.23. The fraction of sp³-hybridized carbons (Fsp3) is 0.348. The predicted molar refractivity (Wildman–Crippen MR) is 109 cm³/mol. The number of piperidine rings is 1. The Balaban J connectivity index is 1.28. The molecule has 2 heterocycles. The highest BCUT2D eigenvalue weighted by atomic mass is 19.1. The molecule has 150 valence electrons. The summed E-state index contributed by atoms with van der Waals surface area (Å²) in [6.45, 7) is 1.76. The van der Waals surface area contributed by atoms with Crippen LogP contribution < -0.4 is 0 Å². The smallest absolute Gasteiger partial charge is 0.276 e. The van der Waals surface area contributed by atoms with Crippen LogP contribution >= 0.6 is 0 Å². The zero-order valence-electron chi connectivity index (χ0n) is 16.4. The number of hydrogen-bond acceptors (Lipinski definition) is 3. The van der Waals surface area contributed by atoms with Crippen molar-refractivity contribution < 1.29 is 9.18 Å². The molecule has 2 aromatic carbocycles. The molecule has 0 N–H and O–H groups in total. The molecular weight excluding hydrogens is 367 g/mol. The number of carbonyl (C=O) groups is 1. The third kappa shape index (κ3) is 4.88. The van der Waals surface area contributed by atoms with Crippen LogP contribution in [0.5, 0.6) is 0 Å². The van der Waals surface area contributed by atoms with Gasteiger partial charge < -0.3 is 4.90 Å². The summed E-state index contributed by atoms with van der Waals surface area (Å²) in [6, 6.07) is 17.1. The van der Waals surface area contributed by atoms with Gasteiger partial charge in [0.25, 0.3) is 5.91 Å². The van der Waals surface area contributed by atoms with Crippen molar-refractivity contribution >= 4 is 5.91 Å². The van der Waals surface area contributed by atoms with Crippen molar-refractivity contribution in [2.75, 3.05) is 13.1 Å². The summed E-state index contributed by atoms with van der Waals surface area (Å²) in [4.78, 5) is 14.6.